The van der Waals surface area contributed by atoms with Gasteiger partial charge in [0.25, 0.3) is 0 Å². The number of nitrogens with two attached hydrogens (primary N) is 1. The molecule has 1 aromatic rings. The van der Waals surface area contributed by atoms with Crippen molar-refractivity contribution >= 4 is 10.0 Å². The molecule has 0 bridgehead atoms. The topological polar surface area (TPSA) is 81.4 Å². The molecule has 0 unspecified atom stereocenters. The highest BCUT2D eigenvalue weighted by Crippen LogP contribution is 2.04. The van der Waals surface area contributed by atoms with Gasteiger partial charge in [-0.2, -0.15) is 0 Å². The number of hydrogen-bond acceptors (Lipinski definition) is 4. The van der Waals surface area contributed by atoms with Crippen molar-refractivity contribution < 1.29 is 13.2 Å². The van der Waals surface area contributed by atoms with Crippen molar-refractivity contribution in [3.05, 3.63) is 35.4 Å². The Morgan fingerprint density at radius 2 is 2.06 bits per heavy atom. The predicted octanol–water partition coefficient (Wildman–Crippen LogP) is 0.211. The Morgan fingerprint density at radius 3 is 2.71 bits per heavy atom. The molecule has 0 amide bonds. The van der Waals surface area contributed by atoms with Gasteiger partial charge in [-0.05, 0) is 11.1 Å². The Hall–Kier alpha value is -0.950. The monoisotopic (exact) mass is 258 g/mol. The first kappa shape index (κ1) is 14.1. The summed E-state index contributed by atoms with van der Waals surface area (Å²) < 4.78 is 30.2. The highest BCUT2D eigenvalue weighted by Gasteiger charge is 2.09. The van der Waals surface area contributed by atoms with Gasteiger partial charge in [0.1, 0.15) is 0 Å². The van der Waals surface area contributed by atoms with E-state index in [1.165, 1.54) is 7.11 Å². The van der Waals surface area contributed by atoms with Crippen LogP contribution in [0.15, 0.2) is 24.3 Å². The normalized spacial score (nSPS) is 11.6. The summed E-state index contributed by atoms with van der Waals surface area (Å²) in [5.41, 5.74) is 7.39. The third-order valence-electron chi connectivity index (χ3n) is 2.28. The third-order valence-corrected chi connectivity index (χ3v) is 3.57. The molecular formula is C11H18N2O3S. The molecule has 0 radical (unpaired) electrons. The Balaban J connectivity index is 2.54. The number of nitrogens with one attached hydrogen (secondary N) is 1. The number of ether oxygens (including phenoxy) is 1. The average Bonchev–Trinajstić information content (AvgIpc) is 2.34. The van der Waals surface area contributed by atoms with Crippen molar-refractivity contribution in [3.63, 3.8) is 0 Å². The molecule has 0 saturated carbocycles. The van der Waals surface area contributed by atoms with Crippen LogP contribution in [0.5, 0.6) is 0 Å². The summed E-state index contributed by atoms with van der Waals surface area (Å²) in [6.07, 6.45) is 0. The van der Waals surface area contributed by atoms with Crippen LogP contribution < -0.4 is 10.5 Å². The fourth-order valence-corrected chi connectivity index (χ4v) is 2.24. The molecule has 0 atom stereocenters. The molecule has 1 rings (SSSR count). The number of methoxy groups -OCH3 is 1. The molecule has 0 spiro atoms. The largest absolute Gasteiger partial charge is 0.384 e. The van der Waals surface area contributed by atoms with Crippen LogP contribution in [-0.2, 0) is 27.8 Å². The van der Waals surface area contributed by atoms with Gasteiger partial charge in [0.2, 0.25) is 10.0 Å². The molecule has 0 aliphatic heterocycles. The summed E-state index contributed by atoms with van der Waals surface area (Å²) >= 11 is 0. The van der Waals surface area contributed by atoms with Crippen LogP contribution in [0.4, 0.5) is 0 Å². The van der Waals surface area contributed by atoms with Crippen molar-refractivity contribution in [3.8, 4) is 0 Å². The Kier molecular flexibility index (Phi) is 5.57. The van der Waals surface area contributed by atoms with Crippen LogP contribution in [0.3, 0.4) is 0 Å². The maximum atomic E-state index is 11.5. The van der Waals surface area contributed by atoms with Crippen LogP contribution >= 0.6 is 0 Å². The summed E-state index contributed by atoms with van der Waals surface area (Å²) in [6, 6.07) is 7.51. The highest BCUT2D eigenvalue weighted by atomic mass is 32.2. The summed E-state index contributed by atoms with van der Waals surface area (Å²) in [6.45, 7) is 0.919. The van der Waals surface area contributed by atoms with Gasteiger partial charge in [-0.25, -0.2) is 13.1 Å². The van der Waals surface area contributed by atoms with E-state index >= 15 is 0 Å². The van der Waals surface area contributed by atoms with Gasteiger partial charge < -0.3 is 10.5 Å². The summed E-state index contributed by atoms with van der Waals surface area (Å²) in [5, 5.41) is 0. The zero-order chi connectivity index (χ0) is 12.7. The van der Waals surface area contributed by atoms with Gasteiger partial charge >= 0.3 is 0 Å². The zero-order valence-electron chi connectivity index (χ0n) is 9.85. The van der Waals surface area contributed by atoms with E-state index in [2.05, 4.69) is 4.72 Å². The lowest BCUT2D eigenvalue weighted by atomic mass is 10.1. The molecule has 0 aromatic heterocycles. The molecule has 17 heavy (non-hydrogen) atoms. The molecule has 0 aliphatic rings. The molecule has 0 fully saturated rings. The molecule has 6 heteroatoms. The Morgan fingerprint density at radius 1 is 1.35 bits per heavy atom. The highest BCUT2D eigenvalue weighted by molar-refractivity contribution is 7.89. The number of rotatable bonds is 7. The van der Waals surface area contributed by atoms with E-state index in [9.17, 15) is 8.42 Å². The average molecular weight is 258 g/mol. The van der Waals surface area contributed by atoms with Gasteiger partial charge in [0.15, 0.2) is 0 Å². The van der Waals surface area contributed by atoms with Crippen molar-refractivity contribution in [2.45, 2.75) is 13.1 Å². The Labute approximate surface area is 102 Å². The first-order valence-corrected chi connectivity index (χ1v) is 6.97. The molecule has 3 N–H and O–H groups in total. The van der Waals surface area contributed by atoms with Crippen LogP contribution in [0.25, 0.3) is 0 Å². The van der Waals surface area contributed by atoms with Gasteiger partial charge in [-0.1, -0.05) is 24.3 Å². The lowest BCUT2D eigenvalue weighted by molar-refractivity contribution is 0.217. The third kappa shape index (κ3) is 5.27. The molecule has 1 aromatic carbocycles. The van der Waals surface area contributed by atoms with Crippen LogP contribution in [0.2, 0.25) is 0 Å². The first-order chi connectivity index (χ1) is 8.07. The molecule has 96 valence electrons. The Bertz CT molecular complexity index is 446. The second kappa shape index (κ2) is 6.70. The van der Waals surface area contributed by atoms with Crippen molar-refractivity contribution in [2.24, 2.45) is 5.73 Å². The van der Waals surface area contributed by atoms with E-state index < -0.39 is 10.0 Å². The number of sulfonamides is 1. The maximum absolute atomic E-state index is 11.5. The predicted molar refractivity (Wildman–Crippen MR) is 66.8 cm³/mol. The fraction of sp³-hybridized carbons (Fsp3) is 0.455. The van der Waals surface area contributed by atoms with Gasteiger partial charge in [0, 0.05) is 20.2 Å². The minimum absolute atomic E-state index is 0.0277. The first-order valence-electron chi connectivity index (χ1n) is 5.31. The SMILES string of the molecule is COCCS(=O)(=O)NCc1cccc(CN)c1. The van der Waals surface area contributed by atoms with E-state index in [1.807, 2.05) is 24.3 Å². The van der Waals surface area contributed by atoms with E-state index in [4.69, 9.17) is 10.5 Å². The van der Waals surface area contributed by atoms with Gasteiger partial charge in [-0.15, -0.1) is 0 Å². The molecule has 5 nitrogen and oxygen atoms in total. The minimum Gasteiger partial charge on any atom is -0.384 e. The van der Waals surface area contributed by atoms with E-state index in [0.717, 1.165) is 11.1 Å². The van der Waals surface area contributed by atoms with Gasteiger partial charge in [-0.3, -0.25) is 0 Å². The fourth-order valence-electron chi connectivity index (χ4n) is 1.33. The lowest BCUT2D eigenvalue weighted by Crippen LogP contribution is -2.27. The van der Waals surface area contributed by atoms with Crippen molar-refractivity contribution in [1.29, 1.82) is 0 Å². The minimum atomic E-state index is -3.27. The number of hydrogen-bond donors (Lipinski definition) is 2. The zero-order valence-corrected chi connectivity index (χ0v) is 10.7. The summed E-state index contributed by atoms with van der Waals surface area (Å²) in [7, 11) is -1.80. The van der Waals surface area contributed by atoms with Crippen LogP contribution in [0, 0.1) is 0 Å². The molecule has 0 aliphatic carbocycles. The lowest BCUT2D eigenvalue weighted by Gasteiger charge is -2.07. The van der Waals surface area contributed by atoms with Crippen molar-refractivity contribution in [1.82, 2.24) is 4.72 Å². The van der Waals surface area contributed by atoms with Gasteiger partial charge in [0.05, 0.1) is 12.4 Å². The summed E-state index contributed by atoms with van der Waals surface area (Å²) in [4.78, 5) is 0. The smallest absolute Gasteiger partial charge is 0.214 e. The van der Waals surface area contributed by atoms with Crippen molar-refractivity contribution in [2.75, 3.05) is 19.5 Å². The quantitative estimate of drug-likeness (QED) is 0.732. The van der Waals surface area contributed by atoms with E-state index in [-0.39, 0.29) is 18.9 Å². The molecule has 0 heterocycles. The molecular weight excluding hydrogens is 240 g/mol. The second-order valence-corrected chi connectivity index (χ2v) is 5.58. The molecule has 0 saturated heterocycles. The van der Waals surface area contributed by atoms with Crippen LogP contribution in [-0.4, -0.2) is 27.9 Å². The standard InChI is InChI=1S/C11H18N2O3S/c1-16-5-6-17(14,15)13-9-11-4-2-3-10(7-11)8-12/h2-4,7,13H,5-6,8-9,12H2,1H3. The number of benzene rings is 1. The van der Waals surface area contributed by atoms with E-state index in [1.54, 1.807) is 0 Å². The van der Waals surface area contributed by atoms with E-state index in [0.29, 0.717) is 6.54 Å². The second-order valence-electron chi connectivity index (χ2n) is 3.66. The maximum Gasteiger partial charge on any atom is 0.214 e. The van der Waals surface area contributed by atoms with Crippen LogP contribution in [0.1, 0.15) is 11.1 Å². The summed E-state index contributed by atoms with van der Waals surface area (Å²) in [5.74, 6) is -0.0277.